The molecule has 9 heteroatoms. The number of aliphatic hydroxyl groups excluding tert-OH is 1. The fraction of sp³-hybridized carbons (Fsp3) is 0.412. The van der Waals surface area contributed by atoms with Crippen molar-refractivity contribution in [2.45, 2.75) is 44.0 Å². The third-order valence-corrected chi connectivity index (χ3v) is 4.77. The molecule has 26 heavy (non-hydrogen) atoms. The third kappa shape index (κ3) is 3.86. The number of rotatable bonds is 3. The van der Waals surface area contributed by atoms with Crippen LogP contribution in [-0.2, 0) is 6.18 Å². The summed E-state index contributed by atoms with van der Waals surface area (Å²) >= 11 is 6.11. The Morgan fingerprint density at radius 2 is 2.00 bits per heavy atom. The molecule has 0 unspecified atom stereocenters. The Kier molecular flexibility index (Phi) is 5.24. The van der Waals surface area contributed by atoms with Gasteiger partial charge in [0.05, 0.1) is 35.3 Å². The SMILES string of the molecule is O=c1c(Cl)c(N[C@H]2CCCC[C@@H]2O)cnn1-c1cccc(C(F)(F)F)c1. The number of benzene rings is 1. The van der Waals surface area contributed by atoms with Crippen LogP contribution in [0.2, 0.25) is 5.02 Å². The van der Waals surface area contributed by atoms with Crippen LogP contribution < -0.4 is 10.9 Å². The Bertz CT molecular complexity index is 854. The molecule has 0 radical (unpaired) electrons. The molecule has 1 fully saturated rings. The number of alkyl halides is 3. The second-order valence-electron chi connectivity index (χ2n) is 6.24. The molecule has 5 nitrogen and oxygen atoms in total. The van der Waals surface area contributed by atoms with Gasteiger partial charge in [-0.3, -0.25) is 4.79 Å². The summed E-state index contributed by atoms with van der Waals surface area (Å²) in [7, 11) is 0. The van der Waals surface area contributed by atoms with Crippen LogP contribution >= 0.6 is 11.6 Å². The summed E-state index contributed by atoms with van der Waals surface area (Å²) in [5.74, 6) is 0. The molecule has 0 saturated heterocycles. The van der Waals surface area contributed by atoms with E-state index in [1.165, 1.54) is 18.3 Å². The van der Waals surface area contributed by atoms with Crippen LogP contribution in [0.15, 0.2) is 35.3 Å². The molecule has 140 valence electrons. The largest absolute Gasteiger partial charge is 0.416 e. The number of hydrogen-bond acceptors (Lipinski definition) is 4. The van der Waals surface area contributed by atoms with Gasteiger partial charge in [-0.1, -0.05) is 30.5 Å². The van der Waals surface area contributed by atoms with Gasteiger partial charge in [-0.15, -0.1) is 0 Å². The summed E-state index contributed by atoms with van der Waals surface area (Å²) in [6, 6.07) is 4.05. The molecule has 0 aliphatic heterocycles. The van der Waals surface area contributed by atoms with E-state index in [2.05, 4.69) is 10.4 Å². The van der Waals surface area contributed by atoms with Crippen LogP contribution in [0.5, 0.6) is 0 Å². The van der Waals surface area contributed by atoms with Crippen LogP contribution in [0.25, 0.3) is 5.69 Å². The molecule has 1 aliphatic carbocycles. The lowest BCUT2D eigenvalue weighted by Crippen LogP contribution is -2.37. The molecule has 0 spiro atoms. The molecule has 2 atom stereocenters. The van der Waals surface area contributed by atoms with Crippen LogP contribution in [0.4, 0.5) is 18.9 Å². The molecule has 2 aromatic rings. The van der Waals surface area contributed by atoms with Crippen molar-refractivity contribution in [2.75, 3.05) is 5.32 Å². The standard InChI is InChI=1S/C17H17ClF3N3O2/c18-15-13(23-12-6-1-2-7-14(12)25)9-22-24(16(15)26)11-5-3-4-10(8-11)17(19,20)21/h3-5,8-9,12,14,23,25H,1-2,6-7H2/t12-,14-/m0/s1. The smallest absolute Gasteiger partial charge is 0.391 e. The molecule has 2 N–H and O–H groups in total. The number of halogens is 4. The summed E-state index contributed by atoms with van der Waals surface area (Å²) in [6.07, 6.45) is -0.527. The third-order valence-electron chi connectivity index (χ3n) is 4.41. The van der Waals surface area contributed by atoms with Gasteiger partial charge in [0.25, 0.3) is 5.56 Å². The Labute approximate surface area is 152 Å². The molecule has 1 saturated carbocycles. The summed E-state index contributed by atoms with van der Waals surface area (Å²) in [6.45, 7) is 0. The summed E-state index contributed by atoms with van der Waals surface area (Å²) in [4.78, 5) is 12.5. The van der Waals surface area contributed by atoms with Crippen molar-refractivity contribution in [1.82, 2.24) is 9.78 Å². The molecule has 1 aromatic carbocycles. The topological polar surface area (TPSA) is 67.2 Å². The number of anilines is 1. The second-order valence-corrected chi connectivity index (χ2v) is 6.62. The first-order valence-electron chi connectivity index (χ1n) is 8.17. The minimum Gasteiger partial charge on any atom is -0.391 e. The van der Waals surface area contributed by atoms with E-state index in [0.717, 1.165) is 36.1 Å². The quantitative estimate of drug-likeness (QED) is 0.844. The first-order valence-corrected chi connectivity index (χ1v) is 8.55. The van der Waals surface area contributed by atoms with Crippen molar-refractivity contribution < 1.29 is 18.3 Å². The van der Waals surface area contributed by atoms with E-state index in [4.69, 9.17) is 11.6 Å². The van der Waals surface area contributed by atoms with Crippen LogP contribution in [0.3, 0.4) is 0 Å². The maximum atomic E-state index is 12.9. The number of aromatic nitrogens is 2. The Balaban J connectivity index is 1.92. The van der Waals surface area contributed by atoms with Crippen molar-refractivity contribution in [2.24, 2.45) is 0 Å². The normalized spacial score (nSPS) is 20.8. The molecular weight excluding hydrogens is 371 g/mol. The Hall–Kier alpha value is -2.06. The fourth-order valence-electron chi connectivity index (χ4n) is 3.01. The average Bonchev–Trinajstić information content (AvgIpc) is 2.60. The van der Waals surface area contributed by atoms with Crippen molar-refractivity contribution in [3.8, 4) is 5.69 Å². The lowest BCUT2D eigenvalue weighted by Gasteiger charge is -2.29. The first kappa shape index (κ1) is 18.7. The molecule has 1 aliphatic rings. The Morgan fingerprint density at radius 1 is 1.27 bits per heavy atom. The minimum atomic E-state index is -4.53. The highest BCUT2D eigenvalue weighted by Crippen LogP contribution is 2.30. The van der Waals surface area contributed by atoms with Gasteiger partial charge in [0.1, 0.15) is 5.02 Å². The van der Waals surface area contributed by atoms with E-state index in [1.807, 2.05) is 0 Å². The number of nitrogens with zero attached hydrogens (tertiary/aromatic N) is 2. The van der Waals surface area contributed by atoms with Crippen molar-refractivity contribution in [1.29, 1.82) is 0 Å². The lowest BCUT2D eigenvalue weighted by molar-refractivity contribution is -0.137. The van der Waals surface area contributed by atoms with Crippen molar-refractivity contribution in [3.05, 3.63) is 51.4 Å². The van der Waals surface area contributed by atoms with Crippen LogP contribution in [0.1, 0.15) is 31.2 Å². The van der Waals surface area contributed by atoms with E-state index < -0.39 is 23.4 Å². The molecule has 0 amide bonds. The van der Waals surface area contributed by atoms with Crippen molar-refractivity contribution in [3.63, 3.8) is 0 Å². The zero-order chi connectivity index (χ0) is 18.9. The monoisotopic (exact) mass is 387 g/mol. The lowest BCUT2D eigenvalue weighted by atomic mass is 9.92. The molecule has 1 aromatic heterocycles. The predicted molar refractivity (Wildman–Crippen MR) is 91.7 cm³/mol. The second kappa shape index (κ2) is 7.28. The van der Waals surface area contributed by atoms with E-state index in [1.54, 1.807) is 0 Å². The maximum absolute atomic E-state index is 12.9. The van der Waals surface area contributed by atoms with Gasteiger partial charge >= 0.3 is 6.18 Å². The fourth-order valence-corrected chi connectivity index (χ4v) is 3.19. The average molecular weight is 388 g/mol. The van der Waals surface area contributed by atoms with Crippen LogP contribution in [0, 0.1) is 0 Å². The molecule has 1 heterocycles. The number of aliphatic hydroxyl groups is 1. The summed E-state index contributed by atoms with van der Waals surface area (Å²) in [5.41, 5.74) is -1.39. The molecule has 3 rings (SSSR count). The van der Waals surface area contributed by atoms with E-state index >= 15 is 0 Å². The summed E-state index contributed by atoms with van der Waals surface area (Å²) < 4.78 is 39.4. The van der Waals surface area contributed by atoms with Crippen molar-refractivity contribution >= 4 is 17.3 Å². The highest BCUT2D eigenvalue weighted by atomic mass is 35.5. The van der Waals surface area contributed by atoms with E-state index in [-0.39, 0.29) is 22.4 Å². The van der Waals surface area contributed by atoms with Gasteiger partial charge < -0.3 is 10.4 Å². The predicted octanol–water partition coefficient (Wildman–Crippen LogP) is 3.62. The van der Waals surface area contributed by atoms with Gasteiger partial charge in [-0.25, -0.2) is 0 Å². The van der Waals surface area contributed by atoms with Gasteiger partial charge in [0, 0.05) is 0 Å². The number of nitrogens with one attached hydrogen (secondary N) is 1. The maximum Gasteiger partial charge on any atom is 0.416 e. The minimum absolute atomic E-state index is 0.0315. The number of hydrogen-bond donors (Lipinski definition) is 2. The highest BCUT2D eigenvalue weighted by Gasteiger charge is 2.31. The van der Waals surface area contributed by atoms with Gasteiger partial charge in [0.2, 0.25) is 0 Å². The van der Waals surface area contributed by atoms with E-state index in [0.29, 0.717) is 6.42 Å². The van der Waals surface area contributed by atoms with Gasteiger partial charge in [-0.05, 0) is 31.0 Å². The van der Waals surface area contributed by atoms with Gasteiger partial charge in [-0.2, -0.15) is 23.0 Å². The van der Waals surface area contributed by atoms with Gasteiger partial charge in [0.15, 0.2) is 0 Å². The molecular formula is C17H17ClF3N3O2. The zero-order valence-corrected chi connectivity index (χ0v) is 14.4. The first-order chi connectivity index (χ1) is 12.3. The molecule has 0 bridgehead atoms. The Morgan fingerprint density at radius 3 is 2.69 bits per heavy atom. The zero-order valence-electron chi connectivity index (χ0n) is 13.6. The highest BCUT2D eigenvalue weighted by molar-refractivity contribution is 6.33. The van der Waals surface area contributed by atoms with Crippen LogP contribution in [-0.4, -0.2) is 27.0 Å². The summed E-state index contributed by atoms with van der Waals surface area (Å²) in [5, 5.41) is 16.8. The van der Waals surface area contributed by atoms with E-state index in [9.17, 15) is 23.1 Å².